The molecule has 0 atom stereocenters. The molecule has 0 radical (unpaired) electrons. The molecule has 1 aliphatic carbocycles. The number of benzene rings is 1. The van der Waals surface area contributed by atoms with Crippen LogP contribution in [0.3, 0.4) is 0 Å². The van der Waals surface area contributed by atoms with Crippen LogP contribution in [0.4, 0.5) is 4.39 Å². The van der Waals surface area contributed by atoms with Crippen LogP contribution in [0.25, 0.3) is 0 Å². The minimum absolute atomic E-state index is 0.0495. The van der Waals surface area contributed by atoms with E-state index >= 15 is 0 Å². The molecule has 0 heterocycles. The molecule has 21 heavy (non-hydrogen) atoms. The summed E-state index contributed by atoms with van der Waals surface area (Å²) >= 11 is 1.57. The summed E-state index contributed by atoms with van der Waals surface area (Å²) < 4.78 is 17.5. The summed E-state index contributed by atoms with van der Waals surface area (Å²) in [7, 11) is 1.40. The summed E-state index contributed by atoms with van der Waals surface area (Å²) in [6.45, 7) is 0. The summed E-state index contributed by atoms with van der Waals surface area (Å²) in [4.78, 5) is 23.2. The molecule has 114 valence electrons. The lowest BCUT2D eigenvalue weighted by Gasteiger charge is -2.12. The lowest BCUT2D eigenvalue weighted by molar-refractivity contribution is -0.141. The summed E-state index contributed by atoms with van der Waals surface area (Å²) in [6.07, 6.45) is 2.84. The molecule has 0 spiro atoms. The van der Waals surface area contributed by atoms with Gasteiger partial charge >= 0.3 is 5.97 Å². The maximum absolute atomic E-state index is 12.8. The number of methoxy groups -OCH3 is 1. The summed E-state index contributed by atoms with van der Waals surface area (Å²) in [5, 5.41) is 0. The van der Waals surface area contributed by atoms with Crippen LogP contribution in [0.15, 0.2) is 24.3 Å². The second-order valence-corrected chi connectivity index (χ2v) is 6.57. The zero-order valence-electron chi connectivity index (χ0n) is 12.1. The SMILES string of the molecule is COC(=O)CC1(CSCC(=O)Cc2ccc(F)cc2)CC1. The molecular weight excluding hydrogens is 291 g/mol. The summed E-state index contributed by atoms with van der Waals surface area (Å²) in [5.41, 5.74) is 0.881. The number of Topliss-reactive ketones (excluding diaryl/α,β-unsaturated/α-hetero) is 1. The van der Waals surface area contributed by atoms with Gasteiger partial charge in [-0.3, -0.25) is 9.59 Å². The summed E-state index contributed by atoms with van der Waals surface area (Å²) in [5.74, 6) is 0.905. The first-order valence-electron chi connectivity index (χ1n) is 6.94. The molecule has 1 fully saturated rings. The highest BCUT2D eigenvalue weighted by Crippen LogP contribution is 2.51. The number of ether oxygens (including phenoxy) is 1. The van der Waals surface area contributed by atoms with Gasteiger partial charge in [0.25, 0.3) is 0 Å². The van der Waals surface area contributed by atoms with Gasteiger partial charge in [0.2, 0.25) is 0 Å². The maximum atomic E-state index is 12.8. The van der Waals surface area contributed by atoms with Crippen LogP contribution >= 0.6 is 11.8 Å². The molecule has 0 aromatic heterocycles. The van der Waals surface area contributed by atoms with Crippen molar-refractivity contribution in [3.8, 4) is 0 Å². The van der Waals surface area contributed by atoms with Crippen molar-refractivity contribution in [3.05, 3.63) is 35.6 Å². The first-order chi connectivity index (χ1) is 10.0. The third kappa shape index (κ3) is 5.16. The minimum Gasteiger partial charge on any atom is -0.469 e. The standard InChI is InChI=1S/C16H19FO3S/c1-20-15(19)9-16(6-7-16)11-21-10-14(18)8-12-2-4-13(17)5-3-12/h2-5H,6-11H2,1H3. The fourth-order valence-electron chi connectivity index (χ4n) is 2.19. The van der Waals surface area contributed by atoms with Crippen LogP contribution in [0.1, 0.15) is 24.8 Å². The topological polar surface area (TPSA) is 43.4 Å². The molecule has 1 saturated carbocycles. The second kappa shape index (κ2) is 7.07. The van der Waals surface area contributed by atoms with Gasteiger partial charge in [0, 0.05) is 6.42 Å². The number of carbonyl (C=O) groups excluding carboxylic acids is 2. The zero-order chi connectivity index (χ0) is 15.3. The van der Waals surface area contributed by atoms with Gasteiger partial charge in [0.15, 0.2) is 0 Å². The number of carbonyl (C=O) groups is 2. The Labute approximate surface area is 128 Å². The van der Waals surface area contributed by atoms with Crippen LogP contribution < -0.4 is 0 Å². The fraction of sp³-hybridized carbons (Fsp3) is 0.500. The van der Waals surface area contributed by atoms with Gasteiger partial charge in [-0.2, -0.15) is 11.8 Å². The predicted molar refractivity (Wildman–Crippen MR) is 80.7 cm³/mol. The van der Waals surface area contributed by atoms with Crippen molar-refractivity contribution < 1.29 is 18.7 Å². The quantitative estimate of drug-likeness (QED) is 0.692. The highest BCUT2D eigenvalue weighted by molar-refractivity contribution is 8.00. The van der Waals surface area contributed by atoms with E-state index < -0.39 is 0 Å². The Bertz CT molecular complexity index is 509. The number of halogens is 1. The number of rotatable bonds is 8. The molecule has 1 aromatic carbocycles. The maximum Gasteiger partial charge on any atom is 0.306 e. The average Bonchev–Trinajstić information content (AvgIpc) is 3.21. The van der Waals surface area contributed by atoms with Crippen LogP contribution in [0, 0.1) is 11.2 Å². The molecular formula is C16H19FO3S. The predicted octanol–water partition coefficient (Wildman–Crippen LogP) is 3.01. The van der Waals surface area contributed by atoms with Crippen LogP contribution in [0.2, 0.25) is 0 Å². The van der Waals surface area contributed by atoms with Crippen molar-refractivity contribution in [2.24, 2.45) is 5.41 Å². The van der Waals surface area contributed by atoms with E-state index in [1.54, 1.807) is 23.9 Å². The number of ketones is 1. The molecule has 0 saturated heterocycles. The molecule has 1 aliphatic rings. The van der Waals surface area contributed by atoms with Crippen molar-refractivity contribution in [1.29, 1.82) is 0 Å². The average molecular weight is 310 g/mol. The Morgan fingerprint density at radius 1 is 1.29 bits per heavy atom. The molecule has 3 nitrogen and oxygen atoms in total. The van der Waals surface area contributed by atoms with Crippen molar-refractivity contribution in [2.45, 2.75) is 25.7 Å². The lowest BCUT2D eigenvalue weighted by Crippen LogP contribution is -2.14. The van der Waals surface area contributed by atoms with Gasteiger partial charge in [-0.25, -0.2) is 4.39 Å². The highest BCUT2D eigenvalue weighted by Gasteiger charge is 2.44. The Morgan fingerprint density at radius 3 is 2.52 bits per heavy atom. The van der Waals surface area contributed by atoms with Crippen molar-refractivity contribution >= 4 is 23.5 Å². The Kier molecular flexibility index (Phi) is 5.39. The zero-order valence-corrected chi connectivity index (χ0v) is 12.9. The van der Waals surface area contributed by atoms with Gasteiger partial charge in [-0.1, -0.05) is 12.1 Å². The lowest BCUT2D eigenvalue weighted by atomic mass is 10.1. The Hall–Kier alpha value is -1.36. The normalized spacial score (nSPS) is 15.5. The largest absolute Gasteiger partial charge is 0.469 e. The van der Waals surface area contributed by atoms with Crippen molar-refractivity contribution in [3.63, 3.8) is 0 Å². The van der Waals surface area contributed by atoms with Crippen LogP contribution in [0.5, 0.6) is 0 Å². The van der Waals surface area contributed by atoms with E-state index in [9.17, 15) is 14.0 Å². The molecule has 0 amide bonds. The van der Waals surface area contributed by atoms with E-state index in [0.717, 1.165) is 24.2 Å². The van der Waals surface area contributed by atoms with E-state index in [0.29, 0.717) is 18.6 Å². The van der Waals surface area contributed by atoms with E-state index in [-0.39, 0.29) is 23.0 Å². The molecule has 1 aromatic rings. The molecule has 0 bridgehead atoms. The van der Waals surface area contributed by atoms with Crippen LogP contribution in [-0.4, -0.2) is 30.4 Å². The third-order valence-electron chi connectivity index (χ3n) is 3.69. The Morgan fingerprint density at radius 2 is 1.95 bits per heavy atom. The number of thioether (sulfide) groups is 1. The van der Waals surface area contributed by atoms with E-state index in [4.69, 9.17) is 4.74 Å². The monoisotopic (exact) mass is 310 g/mol. The van der Waals surface area contributed by atoms with E-state index in [2.05, 4.69) is 0 Å². The smallest absolute Gasteiger partial charge is 0.306 e. The molecule has 0 unspecified atom stereocenters. The first kappa shape index (κ1) is 16.0. The molecule has 5 heteroatoms. The van der Waals surface area contributed by atoms with Gasteiger partial charge in [0.05, 0.1) is 19.3 Å². The molecule has 0 aliphatic heterocycles. The second-order valence-electron chi connectivity index (χ2n) is 5.59. The summed E-state index contributed by atoms with van der Waals surface area (Å²) in [6, 6.07) is 6.01. The Balaban J connectivity index is 1.70. The first-order valence-corrected chi connectivity index (χ1v) is 8.09. The molecule has 2 rings (SSSR count). The van der Waals surface area contributed by atoms with Gasteiger partial charge in [-0.15, -0.1) is 0 Å². The van der Waals surface area contributed by atoms with Gasteiger partial charge in [-0.05, 0) is 41.7 Å². The van der Waals surface area contributed by atoms with Gasteiger partial charge < -0.3 is 4.74 Å². The minimum atomic E-state index is -0.293. The van der Waals surface area contributed by atoms with E-state index in [1.165, 1.54) is 19.2 Å². The third-order valence-corrected chi connectivity index (χ3v) is 5.03. The van der Waals surface area contributed by atoms with Crippen molar-refractivity contribution in [1.82, 2.24) is 0 Å². The number of esters is 1. The molecule has 0 N–H and O–H groups in total. The van der Waals surface area contributed by atoms with Crippen LogP contribution in [-0.2, 0) is 20.7 Å². The highest BCUT2D eigenvalue weighted by atomic mass is 32.2. The van der Waals surface area contributed by atoms with E-state index in [1.807, 2.05) is 0 Å². The fourth-order valence-corrected chi connectivity index (χ4v) is 3.45. The number of hydrogen-bond acceptors (Lipinski definition) is 4. The van der Waals surface area contributed by atoms with Crippen molar-refractivity contribution in [2.75, 3.05) is 18.6 Å². The number of hydrogen-bond donors (Lipinski definition) is 0. The van der Waals surface area contributed by atoms with Gasteiger partial charge in [0.1, 0.15) is 11.6 Å².